The summed E-state index contributed by atoms with van der Waals surface area (Å²) in [5, 5.41) is 9.19. The lowest BCUT2D eigenvalue weighted by Crippen LogP contribution is -2.13. The minimum Gasteiger partial charge on any atom is -0.392 e. The fourth-order valence-electron chi connectivity index (χ4n) is 1.68. The van der Waals surface area contributed by atoms with Gasteiger partial charge in [0, 0.05) is 5.69 Å². The maximum absolute atomic E-state index is 12.3. The Labute approximate surface area is 123 Å². The summed E-state index contributed by atoms with van der Waals surface area (Å²) >= 11 is 5.93. The van der Waals surface area contributed by atoms with Crippen LogP contribution in [0.1, 0.15) is 11.1 Å². The molecule has 0 bridgehead atoms. The predicted octanol–water partition coefficient (Wildman–Crippen LogP) is 2.94. The van der Waals surface area contributed by atoms with E-state index in [-0.39, 0.29) is 16.5 Å². The van der Waals surface area contributed by atoms with E-state index in [0.29, 0.717) is 11.3 Å². The summed E-state index contributed by atoms with van der Waals surface area (Å²) in [6, 6.07) is 11.4. The molecule has 4 nitrogen and oxygen atoms in total. The van der Waals surface area contributed by atoms with Gasteiger partial charge in [0.05, 0.1) is 11.6 Å². The number of sulfonamides is 1. The minimum atomic E-state index is -3.78. The van der Waals surface area contributed by atoms with Gasteiger partial charge in [-0.3, -0.25) is 4.72 Å². The lowest BCUT2D eigenvalue weighted by molar-refractivity contribution is 0.281. The van der Waals surface area contributed by atoms with Crippen molar-refractivity contribution in [3.8, 4) is 0 Å². The van der Waals surface area contributed by atoms with Gasteiger partial charge in [-0.05, 0) is 36.8 Å². The molecule has 0 saturated heterocycles. The lowest BCUT2D eigenvalue weighted by Gasteiger charge is -2.10. The van der Waals surface area contributed by atoms with Crippen molar-refractivity contribution in [2.45, 2.75) is 18.4 Å². The molecule has 0 atom stereocenters. The van der Waals surface area contributed by atoms with Gasteiger partial charge in [0.25, 0.3) is 10.0 Å². The molecule has 106 valence electrons. The van der Waals surface area contributed by atoms with Crippen molar-refractivity contribution in [3.63, 3.8) is 0 Å². The Morgan fingerprint density at radius 1 is 1.15 bits per heavy atom. The smallest absolute Gasteiger partial charge is 0.263 e. The molecule has 0 radical (unpaired) electrons. The Bertz CT molecular complexity index is 712. The van der Waals surface area contributed by atoms with Crippen LogP contribution in [0.15, 0.2) is 47.4 Å². The first-order chi connectivity index (χ1) is 9.42. The zero-order chi connectivity index (χ0) is 14.8. The molecule has 0 aliphatic heterocycles. The number of hydrogen-bond donors (Lipinski definition) is 2. The van der Waals surface area contributed by atoms with Crippen molar-refractivity contribution in [2.75, 3.05) is 4.72 Å². The highest BCUT2D eigenvalue weighted by Crippen LogP contribution is 2.25. The molecular weight excluding hydrogens is 298 g/mol. The molecule has 0 heterocycles. The second-order valence-corrected chi connectivity index (χ2v) is 6.45. The van der Waals surface area contributed by atoms with Crippen molar-refractivity contribution < 1.29 is 13.5 Å². The van der Waals surface area contributed by atoms with E-state index in [1.165, 1.54) is 12.1 Å². The summed E-state index contributed by atoms with van der Waals surface area (Å²) in [6.45, 7) is 1.67. The van der Waals surface area contributed by atoms with Gasteiger partial charge in [-0.2, -0.15) is 0 Å². The first kappa shape index (κ1) is 14.8. The van der Waals surface area contributed by atoms with E-state index in [1.54, 1.807) is 18.2 Å². The molecule has 0 aromatic heterocycles. The van der Waals surface area contributed by atoms with Crippen molar-refractivity contribution >= 4 is 27.3 Å². The first-order valence-corrected chi connectivity index (χ1v) is 7.77. The maximum Gasteiger partial charge on any atom is 0.263 e. The van der Waals surface area contributed by atoms with Gasteiger partial charge >= 0.3 is 0 Å². The third kappa shape index (κ3) is 3.30. The number of rotatable bonds is 4. The summed E-state index contributed by atoms with van der Waals surface area (Å²) in [5.74, 6) is 0. The molecule has 2 N–H and O–H groups in total. The molecule has 2 rings (SSSR count). The lowest BCUT2D eigenvalue weighted by atomic mass is 10.2. The van der Waals surface area contributed by atoms with Crippen molar-refractivity contribution in [1.82, 2.24) is 0 Å². The maximum atomic E-state index is 12.3. The van der Waals surface area contributed by atoms with Crippen molar-refractivity contribution in [1.29, 1.82) is 0 Å². The molecule has 0 unspecified atom stereocenters. The predicted molar refractivity (Wildman–Crippen MR) is 79.4 cm³/mol. The van der Waals surface area contributed by atoms with E-state index in [0.717, 1.165) is 5.56 Å². The molecule has 0 saturated carbocycles. The van der Waals surface area contributed by atoms with Crippen LogP contribution in [0.4, 0.5) is 5.69 Å². The highest BCUT2D eigenvalue weighted by atomic mass is 35.5. The minimum absolute atomic E-state index is 0.0497. The fraction of sp³-hybridized carbons (Fsp3) is 0.143. The number of aliphatic hydroxyl groups excluding tert-OH is 1. The highest BCUT2D eigenvalue weighted by molar-refractivity contribution is 7.92. The second kappa shape index (κ2) is 5.83. The van der Waals surface area contributed by atoms with E-state index in [4.69, 9.17) is 16.7 Å². The Morgan fingerprint density at radius 2 is 1.80 bits per heavy atom. The number of nitrogens with one attached hydrogen (secondary N) is 1. The molecule has 2 aromatic carbocycles. The number of anilines is 1. The van der Waals surface area contributed by atoms with E-state index in [2.05, 4.69) is 4.72 Å². The van der Waals surface area contributed by atoms with Crippen LogP contribution in [0.3, 0.4) is 0 Å². The molecule has 6 heteroatoms. The summed E-state index contributed by atoms with van der Waals surface area (Å²) in [7, 11) is -3.78. The Morgan fingerprint density at radius 3 is 2.40 bits per heavy atom. The number of aliphatic hydroxyl groups is 1. The van der Waals surface area contributed by atoms with Crippen LogP contribution in [-0.2, 0) is 16.6 Å². The Hall–Kier alpha value is -1.56. The number of aryl methyl sites for hydroxylation is 1. The molecular formula is C14H14ClNO3S. The summed E-state index contributed by atoms with van der Waals surface area (Å²) in [4.78, 5) is -0.0497. The van der Waals surface area contributed by atoms with Gasteiger partial charge in [0.2, 0.25) is 0 Å². The third-order valence-electron chi connectivity index (χ3n) is 2.77. The van der Waals surface area contributed by atoms with E-state index in [1.807, 2.05) is 19.1 Å². The molecule has 20 heavy (non-hydrogen) atoms. The van der Waals surface area contributed by atoms with Gasteiger partial charge < -0.3 is 5.11 Å². The van der Waals surface area contributed by atoms with E-state index in [9.17, 15) is 8.42 Å². The van der Waals surface area contributed by atoms with E-state index >= 15 is 0 Å². The van der Waals surface area contributed by atoms with Gasteiger partial charge in [0.15, 0.2) is 0 Å². The van der Waals surface area contributed by atoms with Crippen molar-refractivity contribution in [2.24, 2.45) is 0 Å². The largest absolute Gasteiger partial charge is 0.392 e. The van der Waals surface area contributed by atoms with Gasteiger partial charge in [-0.15, -0.1) is 0 Å². The zero-order valence-electron chi connectivity index (χ0n) is 10.8. The fourth-order valence-corrected chi connectivity index (χ4v) is 3.29. The van der Waals surface area contributed by atoms with Gasteiger partial charge in [0.1, 0.15) is 4.90 Å². The summed E-state index contributed by atoms with van der Waals surface area (Å²) in [5.41, 5.74) is 1.98. The van der Waals surface area contributed by atoms with Crippen molar-refractivity contribution in [3.05, 3.63) is 58.6 Å². The summed E-state index contributed by atoms with van der Waals surface area (Å²) < 4.78 is 27.1. The second-order valence-electron chi connectivity index (χ2n) is 4.39. The van der Waals surface area contributed by atoms with Gasteiger partial charge in [-0.1, -0.05) is 35.4 Å². The topological polar surface area (TPSA) is 66.4 Å². The Kier molecular flexibility index (Phi) is 4.32. The van der Waals surface area contributed by atoms with Gasteiger partial charge in [-0.25, -0.2) is 8.42 Å². The third-order valence-corrected chi connectivity index (χ3v) is 4.63. The highest BCUT2D eigenvalue weighted by Gasteiger charge is 2.18. The molecule has 0 fully saturated rings. The van der Waals surface area contributed by atoms with E-state index < -0.39 is 10.0 Å². The molecule has 0 amide bonds. The SMILES string of the molecule is Cc1ccc(NS(=O)(=O)c2cc(CO)ccc2Cl)cc1. The standard InChI is InChI=1S/C14H14ClNO3S/c1-10-2-5-12(6-3-10)16-20(18,19)14-8-11(9-17)4-7-13(14)15/h2-8,16-17H,9H2,1H3. The van der Waals surface area contributed by atoms with Crippen LogP contribution in [0.2, 0.25) is 5.02 Å². The van der Waals surface area contributed by atoms with Crippen LogP contribution >= 0.6 is 11.6 Å². The molecule has 2 aromatic rings. The normalized spacial score (nSPS) is 11.3. The quantitative estimate of drug-likeness (QED) is 0.912. The monoisotopic (exact) mass is 311 g/mol. The first-order valence-electron chi connectivity index (χ1n) is 5.91. The number of hydrogen-bond acceptors (Lipinski definition) is 3. The average molecular weight is 312 g/mol. The number of benzene rings is 2. The van der Waals surface area contributed by atoms with Crippen LogP contribution in [-0.4, -0.2) is 13.5 Å². The molecule has 0 aliphatic rings. The van der Waals surface area contributed by atoms with Crippen LogP contribution in [0.25, 0.3) is 0 Å². The van der Waals surface area contributed by atoms with Crippen LogP contribution < -0.4 is 4.72 Å². The summed E-state index contributed by atoms with van der Waals surface area (Å²) in [6.07, 6.45) is 0. The van der Waals surface area contributed by atoms with Crippen LogP contribution in [0.5, 0.6) is 0 Å². The average Bonchev–Trinajstić information content (AvgIpc) is 2.41. The van der Waals surface area contributed by atoms with Crippen LogP contribution in [0, 0.1) is 6.92 Å². The Balaban J connectivity index is 2.37. The molecule has 0 spiro atoms. The molecule has 0 aliphatic carbocycles. The number of halogens is 1. The zero-order valence-corrected chi connectivity index (χ0v) is 12.4.